The van der Waals surface area contributed by atoms with E-state index in [-0.39, 0.29) is 23.6 Å². The van der Waals surface area contributed by atoms with Crippen LogP contribution in [-0.4, -0.2) is 12.4 Å². The maximum absolute atomic E-state index is 13.7. The minimum atomic E-state index is -1.28. The normalized spacial score (nSPS) is 10.5. The van der Waals surface area contributed by atoms with Crippen molar-refractivity contribution < 1.29 is 22.7 Å². The summed E-state index contributed by atoms with van der Waals surface area (Å²) in [6, 6.07) is 5.20. The molecule has 21 heavy (non-hydrogen) atoms. The second kappa shape index (κ2) is 5.87. The zero-order valence-corrected chi connectivity index (χ0v) is 11.1. The van der Waals surface area contributed by atoms with Crippen LogP contribution in [0.4, 0.5) is 18.9 Å². The van der Waals surface area contributed by atoms with Crippen molar-refractivity contribution >= 4 is 11.5 Å². The van der Waals surface area contributed by atoms with Gasteiger partial charge in [0.2, 0.25) is 5.78 Å². The smallest absolute Gasteiger partial charge is 0.202 e. The Kier molecular flexibility index (Phi) is 4.16. The largest absolute Gasteiger partial charge is 0.491 e. The number of halogens is 3. The fraction of sp³-hybridized carbons (Fsp3) is 0.133. The highest BCUT2D eigenvalue weighted by Gasteiger charge is 2.24. The maximum Gasteiger partial charge on any atom is 0.202 e. The van der Waals surface area contributed by atoms with Crippen molar-refractivity contribution in [3.63, 3.8) is 0 Å². The molecule has 110 valence electrons. The Morgan fingerprint density at radius 1 is 1.19 bits per heavy atom. The highest BCUT2D eigenvalue weighted by Crippen LogP contribution is 2.30. The fourth-order valence-corrected chi connectivity index (χ4v) is 1.93. The molecule has 0 aliphatic rings. The van der Waals surface area contributed by atoms with Crippen LogP contribution in [0.2, 0.25) is 0 Å². The number of para-hydroxylation sites is 1. The molecule has 0 unspecified atom stereocenters. The maximum atomic E-state index is 13.7. The van der Waals surface area contributed by atoms with Gasteiger partial charge in [0.1, 0.15) is 17.5 Å². The van der Waals surface area contributed by atoms with Crippen molar-refractivity contribution in [2.24, 2.45) is 0 Å². The zero-order chi connectivity index (χ0) is 15.6. The van der Waals surface area contributed by atoms with Gasteiger partial charge in [-0.3, -0.25) is 4.79 Å². The standard InChI is InChI=1S/C15H12F3NO2/c1-2-21-15-9(4-3-5-12(15)19)14(20)13-10(17)6-8(16)7-11(13)18/h3-7H,2,19H2,1H3. The predicted molar refractivity (Wildman–Crippen MR) is 71.8 cm³/mol. The lowest BCUT2D eigenvalue weighted by molar-refractivity contribution is 0.102. The number of ketones is 1. The number of carbonyl (C=O) groups excluding carboxylic acids is 1. The van der Waals surface area contributed by atoms with Crippen molar-refractivity contribution in [1.29, 1.82) is 0 Å². The van der Waals surface area contributed by atoms with Crippen LogP contribution in [0.1, 0.15) is 22.8 Å². The summed E-state index contributed by atoms with van der Waals surface area (Å²) in [5.74, 6) is -4.56. The molecule has 0 bridgehead atoms. The molecule has 0 saturated heterocycles. The van der Waals surface area contributed by atoms with Gasteiger partial charge in [0, 0.05) is 12.1 Å². The zero-order valence-electron chi connectivity index (χ0n) is 11.1. The molecular formula is C15H12F3NO2. The number of anilines is 1. The number of benzene rings is 2. The minimum absolute atomic E-state index is 0.0492. The summed E-state index contributed by atoms with van der Waals surface area (Å²) in [6.45, 7) is 1.91. The Bertz CT molecular complexity index is 678. The average Bonchev–Trinajstić information content (AvgIpc) is 2.40. The fourth-order valence-electron chi connectivity index (χ4n) is 1.93. The van der Waals surface area contributed by atoms with Crippen LogP contribution in [0.15, 0.2) is 30.3 Å². The first-order valence-corrected chi connectivity index (χ1v) is 6.16. The number of hydrogen-bond acceptors (Lipinski definition) is 3. The Morgan fingerprint density at radius 2 is 1.81 bits per heavy atom. The molecule has 0 aliphatic carbocycles. The van der Waals surface area contributed by atoms with Crippen LogP contribution in [0.25, 0.3) is 0 Å². The van der Waals surface area contributed by atoms with Gasteiger partial charge in [-0.05, 0) is 19.1 Å². The van der Waals surface area contributed by atoms with Gasteiger partial charge in [-0.25, -0.2) is 13.2 Å². The first-order chi connectivity index (χ1) is 9.95. The number of nitrogen functional groups attached to an aromatic ring is 1. The van der Waals surface area contributed by atoms with E-state index in [1.54, 1.807) is 6.92 Å². The second-order valence-electron chi connectivity index (χ2n) is 4.23. The van der Waals surface area contributed by atoms with E-state index in [2.05, 4.69) is 0 Å². The molecule has 0 amide bonds. The molecule has 0 aromatic heterocycles. The Labute approximate surface area is 119 Å². The molecular weight excluding hydrogens is 283 g/mol. The van der Waals surface area contributed by atoms with Crippen LogP contribution >= 0.6 is 0 Å². The second-order valence-corrected chi connectivity index (χ2v) is 4.23. The van der Waals surface area contributed by atoms with Crippen molar-refractivity contribution in [3.05, 3.63) is 58.9 Å². The van der Waals surface area contributed by atoms with Crippen molar-refractivity contribution in [2.45, 2.75) is 6.92 Å². The summed E-state index contributed by atoms with van der Waals surface area (Å²) in [5, 5.41) is 0. The lowest BCUT2D eigenvalue weighted by Gasteiger charge is -2.12. The molecule has 0 spiro atoms. The summed E-state index contributed by atoms with van der Waals surface area (Å²) in [5.41, 5.74) is 4.94. The Hall–Kier alpha value is -2.50. The van der Waals surface area contributed by atoms with E-state index in [0.29, 0.717) is 12.1 Å². The van der Waals surface area contributed by atoms with Crippen molar-refractivity contribution in [2.75, 3.05) is 12.3 Å². The van der Waals surface area contributed by atoms with Crippen LogP contribution in [-0.2, 0) is 0 Å². The summed E-state index contributed by atoms with van der Waals surface area (Å²) in [4.78, 5) is 12.3. The van der Waals surface area contributed by atoms with E-state index in [1.807, 2.05) is 0 Å². The number of nitrogens with two attached hydrogens (primary N) is 1. The van der Waals surface area contributed by atoms with Gasteiger partial charge in [-0.2, -0.15) is 0 Å². The molecule has 3 nitrogen and oxygen atoms in total. The van der Waals surface area contributed by atoms with Gasteiger partial charge in [0.05, 0.1) is 23.4 Å². The highest BCUT2D eigenvalue weighted by atomic mass is 19.1. The summed E-state index contributed by atoms with van der Waals surface area (Å²) in [6.07, 6.45) is 0. The van der Waals surface area contributed by atoms with Gasteiger partial charge in [0.15, 0.2) is 5.75 Å². The Balaban J connectivity index is 2.58. The number of ether oxygens (including phenoxy) is 1. The first kappa shape index (κ1) is 14.9. The molecule has 0 aliphatic heterocycles. The van der Waals surface area contributed by atoms with E-state index < -0.39 is 28.8 Å². The van der Waals surface area contributed by atoms with Crippen LogP contribution in [0.3, 0.4) is 0 Å². The molecule has 0 saturated carbocycles. The minimum Gasteiger partial charge on any atom is -0.491 e. The summed E-state index contributed by atoms with van der Waals surface area (Å²) < 4.78 is 45.5. The molecule has 0 heterocycles. The van der Waals surface area contributed by atoms with Crippen molar-refractivity contribution in [1.82, 2.24) is 0 Å². The molecule has 2 rings (SSSR count). The van der Waals surface area contributed by atoms with E-state index >= 15 is 0 Å². The SMILES string of the molecule is CCOc1c(N)cccc1C(=O)c1c(F)cc(F)cc1F. The molecule has 2 aromatic carbocycles. The van der Waals surface area contributed by atoms with E-state index in [9.17, 15) is 18.0 Å². The third-order valence-electron chi connectivity index (χ3n) is 2.81. The van der Waals surface area contributed by atoms with Gasteiger partial charge in [-0.15, -0.1) is 0 Å². The van der Waals surface area contributed by atoms with Gasteiger partial charge >= 0.3 is 0 Å². The molecule has 2 aromatic rings. The summed E-state index contributed by atoms with van der Waals surface area (Å²) >= 11 is 0. The number of hydrogen-bond donors (Lipinski definition) is 1. The topological polar surface area (TPSA) is 52.3 Å². The average molecular weight is 295 g/mol. The van der Waals surface area contributed by atoms with Gasteiger partial charge in [0.25, 0.3) is 0 Å². The third-order valence-corrected chi connectivity index (χ3v) is 2.81. The lowest BCUT2D eigenvalue weighted by atomic mass is 10.0. The van der Waals surface area contributed by atoms with Crippen LogP contribution in [0, 0.1) is 17.5 Å². The quantitative estimate of drug-likeness (QED) is 0.695. The van der Waals surface area contributed by atoms with Crippen LogP contribution < -0.4 is 10.5 Å². The first-order valence-electron chi connectivity index (χ1n) is 6.16. The number of carbonyl (C=O) groups is 1. The lowest BCUT2D eigenvalue weighted by Crippen LogP contribution is -2.11. The van der Waals surface area contributed by atoms with Crippen LogP contribution in [0.5, 0.6) is 5.75 Å². The van der Waals surface area contributed by atoms with E-state index in [4.69, 9.17) is 10.5 Å². The summed E-state index contributed by atoms with van der Waals surface area (Å²) in [7, 11) is 0. The number of rotatable bonds is 4. The molecule has 0 atom stereocenters. The van der Waals surface area contributed by atoms with Gasteiger partial charge < -0.3 is 10.5 Å². The van der Waals surface area contributed by atoms with Crippen molar-refractivity contribution in [3.8, 4) is 5.75 Å². The third kappa shape index (κ3) is 2.84. The molecule has 0 radical (unpaired) electrons. The Morgan fingerprint density at radius 3 is 2.38 bits per heavy atom. The molecule has 0 fully saturated rings. The van der Waals surface area contributed by atoms with Gasteiger partial charge in [-0.1, -0.05) is 6.07 Å². The highest BCUT2D eigenvalue weighted by molar-refractivity contribution is 6.11. The van der Waals surface area contributed by atoms with E-state index in [1.165, 1.54) is 18.2 Å². The monoisotopic (exact) mass is 295 g/mol. The van der Waals surface area contributed by atoms with E-state index in [0.717, 1.165) is 0 Å². The molecule has 6 heteroatoms. The predicted octanol–water partition coefficient (Wildman–Crippen LogP) is 3.32. The molecule has 2 N–H and O–H groups in total.